The normalized spacial score (nSPS) is 15.6. The minimum Gasteiger partial charge on any atom is -0.334 e. The molecule has 1 aliphatic rings. The molecule has 176 valence electrons. The largest absolute Gasteiger partial charge is 0.334 e. The van der Waals surface area contributed by atoms with Crippen LogP contribution in [0.15, 0.2) is 47.6 Å². The molecule has 1 saturated heterocycles. The lowest BCUT2D eigenvalue weighted by molar-refractivity contribution is -0.121. The molecule has 1 unspecified atom stereocenters. The van der Waals surface area contributed by atoms with Crippen LogP contribution in [0.4, 0.5) is 10.5 Å². The zero-order valence-electron chi connectivity index (χ0n) is 18.6. The first-order valence-electron chi connectivity index (χ1n) is 10.6. The minimum absolute atomic E-state index is 0.109. The van der Waals surface area contributed by atoms with E-state index in [1.165, 1.54) is 11.8 Å². The molecule has 11 heteroatoms. The summed E-state index contributed by atoms with van der Waals surface area (Å²) >= 11 is 7.24. The van der Waals surface area contributed by atoms with Crippen LogP contribution in [0.25, 0.3) is 5.69 Å². The fourth-order valence-corrected chi connectivity index (χ4v) is 4.59. The number of amides is 4. The predicted molar refractivity (Wildman–Crippen MR) is 130 cm³/mol. The van der Waals surface area contributed by atoms with Crippen molar-refractivity contribution in [2.45, 2.75) is 37.9 Å². The summed E-state index contributed by atoms with van der Waals surface area (Å²) in [4.78, 5) is 36.1. The molecular weight excluding hydrogens is 476 g/mol. The number of imide groups is 1. The number of carbonyl (C=O) groups excluding carboxylic acids is 3. The highest BCUT2D eigenvalue weighted by Crippen LogP contribution is 2.26. The van der Waals surface area contributed by atoms with Gasteiger partial charge in [-0.15, -0.1) is 10.2 Å². The molecule has 0 aliphatic carbocycles. The zero-order chi connectivity index (χ0) is 24.2. The van der Waals surface area contributed by atoms with Gasteiger partial charge in [0.25, 0.3) is 0 Å². The lowest BCUT2D eigenvalue weighted by Gasteiger charge is -2.23. The number of aryl methyl sites for hydroxylation is 2. The van der Waals surface area contributed by atoms with E-state index < -0.39 is 12.1 Å². The summed E-state index contributed by atoms with van der Waals surface area (Å²) in [7, 11) is 0. The third kappa shape index (κ3) is 5.75. The number of carbonyl (C=O) groups is 3. The van der Waals surface area contributed by atoms with E-state index in [0.29, 0.717) is 28.1 Å². The maximum absolute atomic E-state index is 12.5. The Hall–Kier alpha value is -3.37. The Morgan fingerprint density at radius 1 is 1.21 bits per heavy atom. The number of rotatable bonds is 7. The van der Waals surface area contributed by atoms with Crippen molar-refractivity contribution in [3.05, 3.63) is 64.4 Å². The summed E-state index contributed by atoms with van der Waals surface area (Å²) in [5.74, 6) is 0.156. The SMILES string of the molecule is Cc1ccc(C)c(-n2c(CC3CC(=O)NC(=O)N3)nnc2SCC(=O)Nc2cccc(Cl)c2)c1. The highest BCUT2D eigenvalue weighted by molar-refractivity contribution is 7.99. The van der Waals surface area contributed by atoms with Crippen LogP contribution in [0.1, 0.15) is 23.4 Å². The number of nitrogens with one attached hydrogen (secondary N) is 3. The number of nitrogens with zero attached hydrogens (tertiary/aromatic N) is 3. The fraction of sp³-hybridized carbons (Fsp3) is 0.261. The Bertz CT molecular complexity index is 1250. The smallest absolute Gasteiger partial charge is 0.321 e. The number of anilines is 1. The summed E-state index contributed by atoms with van der Waals surface area (Å²) in [6, 6.07) is 12.0. The van der Waals surface area contributed by atoms with Crippen LogP contribution in [-0.2, 0) is 16.0 Å². The lowest BCUT2D eigenvalue weighted by Crippen LogP contribution is -2.53. The van der Waals surface area contributed by atoms with Crippen LogP contribution >= 0.6 is 23.4 Å². The Kier molecular flexibility index (Phi) is 7.18. The number of urea groups is 1. The van der Waals surface area contributed by atoms with Crippen molar-refractivity contribution in [3.63, 3.8) is 0 Å². The molecule has 34 heavy (non-hydrogen) atoms. The Morgan fingerprint density at radius 3 is 2.79 bits per heavy atom. The van der Waals surface area contributed by atoms with Gasteiger partial charge in [-0.2, -0.15) is 0 Å². The first-order chi connectivity index (χ1) is 16.3. The van der Waals surface area contributed by atoms with Crippen LogP contribution in [0.5, 0.6) is 0 Å². The van der Waals surface area contributed by atoms with E-state index in [1.807, 2.05) is 36.6 Å². The maximum Gasteiger partial charge on any atom is 0.321 e. The topological polar surface area (TPSA) is 118 Å². The van der Waals surface area contributed by atoms with Crippen LogP contribution in [0.2, 0.25) is 5.02 Å². The van der Waals surface area contributed by atoms with E-state index in [9.17, 15) is 14.4 Å². The number of aromatic nitrogens is 3. The molecule has 0 saturated carbocycles. The van der Waals surface area contributed by atoms with Gasteiger partial charge in [-0.1, -0.05) is 41.6 Å². The summed E-state index contributed by atoms with van der Waals surface area (Å²) in [5, 5.41) is 17.5. The summed E-state index contributed by atoms with van der Waals surface area (Å²) in [6.45, 7) is 3.97. The number of benzene rings is 2. The first kappa shape index (κ1) is 23.8. The van der Waals surface area contributed by atoms with Crippen molar-refractivity contribution in [2.75, 3.05) is 11.1 Å². The van der Waals surface area contributed by atoms with Gasteiger partial charge in [0, 0.05) is 29.6 Å². The molecule has 1 aliphatic heterocycles. The van der Waals surface area contributed by atoms with Crippen molar-refractivity contribution in [3.8, 4) is 5.69 Å². The second-order valence-electron chi connectivity index (χ2n) is 8.00. The van der Waals surface area contributed by atoms with E-state index in [-0.39, 0.29) is 24.0 Å². The molecule has 9 nitrogen and oxygen atoms in total. The van der Waals surface area contributed by atoms with Gasteiger partial charge >= 0.3 is 6.03 Å². The molecule has 2 aromatic carbocycles. The van der Waals surface area contributed by atoms with Gasteiger partial charge in [0.2, 0.25) is 11.8 Å². The number of hydrogen-bond donors (Lipinski definition) is 3. The monoisotopic (exact) mass is 498 g/mol. The van der Waals surface area contributed by atoms with E-state index in [4.69, 9.17) is 11.6 Å². The molecule has 4 rings (SSSR count). The molecule has 0 radical (unpaired) electrons. The molecule has 0 spiro atoms. The quantitative estimate of drug-likeness (QED) is 0.430. The molecule has 3 N–H and O–H groups in total. The van der Waals surface area contributed by atoms with E-state index in [1.54, 1.807) is 24.3 Å². The summed E-state index contributed by atoms with van der Waals surface area (Å²) in [6.07, 6.45) is 0.463. The molecule has 0 bridgehead atoms. The molecule has 1 fully saturated rings. The van der Waals surface area contributed by atoms with Gasteiger partial charge in [-0.05, 0) is 49.2 Å². The number of halogens is 1. The molecule has 1 atom stereocenters. The first-order valence-corrected chi connectivity index (χ1v) is 12.0. The van der Waals surface area contributed by atoms with Gasteiger partial charge in [-0.3, -0.25) is 19.5 Å². The highest BCUT2D eigenvalue weighted by atomic mass is 35.5. The fourth-order valence-electron chi connectivity index (χ4n) is 3.64. The van der Waals surface area contributed by atoms with Gasteiger partial charge in [0.05, 0.1) is 11.4 Å². The van der Waals surface area contributed by atoms with E-state index >= 15 is 0 Å². The van der Waals surface area contributed by atoms with Crippen LogP contribution < -0.4 is 16.0 Å². The number of thioether (sulfide) groups is 1. The summed E-state index contributed by atoms with van der Waals surface area (Å²) in [5.41, 5.74) is 3.55. The zero-order valence-corrected chi connectivity index (χ0v) is 20.2. The molecule has 2 heterocycles. The Morgan fingerprint density at radius 2 is 2.03 bits per heavy atom. The summed E-state index contributed by atoms with van der Waals surface area (Å²) < 4.78 is 1.89. The Labute approximate surface area is 205 Å². The average Bonchev–Trinajstić information content (AvgIpc) is 3.15. The van der Waals surface area contributed by atoms with E-state index in [0.717, 1.165) is 16.8 Å². The minimum atomic E-state index is -0.522. The van der Waals surface area contributed by atoms with Gasteiger partial charge in [0.1, 0.15) is 5.82 Å². The maximum atomic E-state index is 12.5. The van der Waals surface area contributed by atoms with Crippen LogP contribution in [0, 0.1) is 13.8 Å². The molecule has 3 aromatic rings. The molecular formula is C23H23ClN6O3S. The predicted octanol–water partition coefficient (Wildman–Crippen LogP) is 3.41. The molecule has 1 aromatic heterocycles. The van der Waals surface area contributed by atoms with Crippen molar-refractivity contribution < 1.29 is 14.4 Å². The van der Waals surface area contributed by atoms with E-state index in [2.05, 4.69) is 26.1 Å². The van der Waals surface area contributed by atoms with Gasteiger partial charge in [0.15, 0.2) is 5.16 Å². The third-order valence-electron chi connectivity index (χ3n) is 5.20. The van der Waals surface area contributed by atoms with Crippen molar-refractivity contribution in [1.29, 1.82) is 0 Å². The third-order valence-corrected chi connectivity index (χ3v) is 6.36. The highest BCUT2D eigenvalue weighted by Gasteiger charge is 2.27. The lowest BCUT2D eigenvalue weighted by atomic mass is 10.1. The van der Waals surface area contributed by atoms with Crippen LogP contribution in [-0.4, -0.2) is 44.4 Å². The average molecular weight is 499 g/mol. The van der Waals surface area contributed by atoms with Crippen molar-refractivity contribution in [1.82, 2.24) is 25.4 Å². The van der Waals surface area contributed by atoms with Gasteiger partial charge < -0.3 is 10.6 Å². The number of hydrogen-bond acceptors (Lipinski definition) is 6. The van der Waals surface area contributed by atoms with Gasteiger partial charge in [-0.25, -0.2) is 4.79 Å². The van der Waals surface area contributed by atoms with Crippen molar-refractivity contribution in [2.24, 2.45) is 0 Å². The Balaban J connectivity index is 1.58. The second kappa shape index (κ2) is 10.3. The van der Waals surface area contributed by atoms with Crippen molar-refractivity contribution >= 4 is 46.9 Å². The second-order valence-corrected chi connectivity index (χ2v) is 9.38. The molecule has 4 amide bonds. The standard InChI is InChI=1S/C23H23ClN6O3S/c1-13-6-7-14(2)18(8-13)30-19(10-17-11-20(31)27-22(33)26-17)28-29-23(30)34-12-21(32)25-16-5-3-4-15(24)9-16/h3-9,17H,10-12H2,1-2H3,(H,25,32)(H2,26,27,31,33). The van der Waals surface area contributed by atoms with Crippen LogP contribution in [0.3, 0.4) is 0 Å².